The van der Waals surface area contributed by atoms with E-state index in [0.29, 0.717) is 19.3 Å². The Morgan fingerprint density at radius 3 is 0.759 bits per heavy atom. The van der Waals surface area contributed by atoms with Gasteiger partial charge in [-0.05, 0) is 109 Å². The molecule has 0 radical (unpaired) electrons. The van der Waals surface area contributed by atoms with Crippen molar-refractivity contribution in [2.75, 3.05) is 13.2 Å². The maximum atomic E-state index is 12.9. The van der Waals surface area contributed by atoms with Crippen molar-refractivity contribution in [2.24, 2.45) is 0 Å². The molecule has 0 aromatic rings. The zero-order valence-electron chi connectivity index (χ0n) is 52.6. The second-order valence-electron chi connectivity index (χ2n) is 23.1. The molecule has 0 aromatic carbocycles. The minimum absolute atomic E-state index is 0.0777. The van der Waals surface area contributed by atoms with Crippen molar-refractivity contribution in [3.05, 3.63) is 72.9 Å². The second kappa shape index (κ2) is 67.4. The van der Waals surface area contributed by atoms with Gasteiger partial charge in [0.1, 0.15) is 13.2 Å². The number of carbonyl (C=O) groups excluding carboxylic acids is 3. The van der Waals surface area contributed by atoms with Crippen LogP contribution >= 0.6 is 0 Å². The Hall–Kier alpha value is -3.15. The van der Waals surface area contributed by atoms with Crippen LogP contribution in [0.15, 0.2) is 72.9 Å². The van der Waals surface area contributed by atoms with Crippen molar-refractivity contribution in [3.8, 4) is 0 Å². The lowest BCUT2D eigenvalue weighted by Crippen LogP contribution is -2.30. The average Bonchev–Trinajstić information content (AvgIpc) is 3.45. The summed E-state index contributed by atoms with van der Waals surface area (Å²) in [5, 5.41) is 0. The Bertz CT molecular complexity index is 1450. The minimum atomic E-state index is -0.781. The van der Waals surface area contributed by atoms with Gasteiger partial charge in [-0.1, -0.05) is 299 Å². The Balaban J connectivity index is 4.23. The quantitative estimate of drug-likeness (QED) is 0.0261. The fourth-order valence-corrected chi connectivity index (χ4v) is 9.93. The van der Waals surface area contributed by atoms with Crippen molar-refractivity contribution in [2.45, 2.75) is 361 Å². The van der Waals surface area contributed by atoms with E-state index in [1.165, 1.54) is 231 Å². The Kier molecular flexibility index (Phi) is 64.7. The summed E-state index contributed by atoms with van der Waals surface area (Å²) < 4.78 is 16.9. The summed E-state index contributed by atoms with van der Waals surface area (Å²) in [6.45, 7) is 6.61. The summed E-state index contributed by atoms with van der Waals surface area (Å²) in [4.78, 5) is 38.3. The molecule has 0 amide bonds. The van der Waals surface area contributed by atoms with Gasteiger partial charge in [-0.3, -0.25) is 14.4 Å². The highest BCUT2D eigenvalue weighted by molar-refractivity contribution is 5.71. The SMILES string of the molecule is CCCC/C=C\CCCCCCCC(=O)OCC(COC(=O)CCCCCCCCCCCCCC/C=C\C/C=C\C/C=C\CCCCCCC)OC(=O)CCCCCCCCCCCCC/C=C\C/C=C\CCCCCCC. The van der Waals surface area contributed by atoms with Gasteiger partial charge in [0.05, 0.1) is 0 Å². The molecule has 6 nitrogen and oxygen atoms in total. The van der Waals surface area contributed by atoms with Crippen LogP contribution in [0, 0.1) is 0 Å². The molecule has 0 bridgehead atoms. The number of allylic oxidation sites excluding steroid dienone is 12. The Morgan fingerprint density at radius 1 is 0.253 bits per heavy atom. The van der Waals surface area contributed by atoms with E-state index in [9.17, 15) is 14.4 Å². The van der Waals surface area contributed by atoms with E-state index in [4.69, 9.17) is 14.2 Å². The number of esters is 3. The van der Waals surface area contributed by atoms with Crippen LogP contribution in [0.1, 0.15) is 355 Å². The van der Waals surface area contributed by atoms with Crippen LogP contribution in [-0.4, -0.2) is 37.2 Å². The summed E-state index contributed by atoms with van der Waals surface area (Å²) in [6.07, 6.45) is 87.8. The summed E-state index contributed by atoms with van der Waals surface area (Å²) in [7, 11) is 0. The standard InChI is InChI=1S/C73H130O6/c1-4-7-10-13-16-19-22-24-26-28-30-32-34-35-36-37-39-40-42-44-46-48-51-54-57-60-63-66-72(75)78-69-70(68-77-71(74)65-62-59-56-53-50-21-18-15-12-9-6-3)79-73(76)67-64-61-58-55-52-49-47-45-43-41-38-33-31-29-27-25-23-20-17-14-11-8-5-2/h15,18,22-25,28-31,34-35,70H,4-14,16-17,19-21,26-27,32-33,36-69H2,1-3H3/b18-15-,24-22-,25-23-,30-28-,31-29-,35-34-. The molecule has 0 aliphatic carbocycles. The van der Waals surface area contributed by atoms with Gasteiger partial charge in [-0.2, -0.15) is 0 Å². The van der Waals surface area contributed by atoms with Gasteiger partial charge >= 0.3 is 17.9 Å². The zero-order valence-corrected chi connectivity index (χ0v) is 52.6. The first kappa shape index (κ1) is 75.8. The van der Waals surface area contributed by atoms with Crippen molar-refractivity contribution in [1.82, 2.24) is 0 Å². The summed E-state index contributed by atoms with van der Waals surface area (Å²) in [6, 6.07) is 0. The van der Waals surface area contributed by atoms with Crippen LogP contribution in [0.5, 0.6) is 0 Å². The molecule has 0 saturated heterocycles. The number of unbranched alkanes of at least 4 members (excludes halogenated alkanes) is 40. The first-order valence-electron chi connectivity index (χ1n) is 34.4. The van der Waals surface area contributed by atoms with Gasteiger partial charge in [0.15, 0.2) is 6.10 Å². The van der Waals surface area contributed by atoms with Crippen LogP contribution in [0.2, 0.25) is 0 Å². The third kappa shape index (κ3) is 65.5. The average molecular weight is 1100 g/mol. The Morgan fingerprint density at radius 2 is 0.468 bits per heavy atom. The first-order chi connectivity index (χ1) is 39.0. The lowest BCUT2D eigenvalue weighted by atomic mass is 10.0. The van der Waals surface area contributed by atoms with E-state index in [2.05, 4.69) is 93.7 Å². The topological polar surface area (TPSA) is 78.9 Å². The van der Waals surface area contributed by atoms with Crippen LogP contribution in [-0.2, 0) is 28.6 Å². The monoisotopic (exact) mass is 1100 g/mol. The van der Waals surface area contributed by atoms with Crippen LogP contribution in [0.25, 0.3) is 0 Å². The van der Waals surface area contributed by atoms with E-state index in [-0.39, 0.29) is 31.1 Å². The molecule has 458 valence electrons. The third-order valence-electron chi connectivity index (χ3n) is 15.2. The zero-order chi connectivity index (χ0) is 57.1. The largest absolute Gasteiger partial charge is 0.462 e. The van der Waals surface area contributed by atoms with Crippen molar-refractivity contribution >= 4 is 17.9 Å². The highest BCUT2D eigenvalue weighted by Crippen LogP contribution is 2.17. The predicted molar refractivity (Wildman–Crippen MR) is 344 cm³/mol. The van der Waals surface area contributed by atoms with Gasteiger partial charge < -0.3 is 14.2 Å². The minimum Gasteiger partial charge on any atom is -0.462 e. The maximum absolute atomic E-state index is 12.9. The molecule has 1 atom stereocenters. The van der Waals surface area contributed by atoms with Crippen molar-refractivity contribution < 1.29 is 28.6 Å². The highest BCUT2D eigenvalue weighted by Gasteiger charge is 2.19. The van der Waals surface area contributed by atoms with E-state index in [0.717, 1.165) is 83.5 Å². The van der Waals surface area contributed by atoms with E-state index in [1.54, 1.807) is 0 Å². The van der Waals surface area contributed by atoms with E-state index in [1.807, 2.05) is 0 Å². The maximum Gasteiger partial charge on any atom is 0.306 e. The normalized spacial score (nSPS) is 12.5. The lowest BCUT2D eigenvalue weighted by Gasteiger charge is -2.18. The van der Waals surface area contributed by atoms with Crippen LogP contribution in [0.4, 0.5) is 0 Å². The van der Waals surface area contributed by atoms with Gasteiger partial charge in [-0.15, -0.1) is 0 Å². The lowest BCUT2D eigenvalue weighted by molar-refractivity contribution is -0.167. The molecule has 79 heavy (non-hydrogen) atoms. The summed E-state index contributed by atoms with van der Waals surface area (Å²) in [5.74, 6) is -0.875. The molecule has 0 spiro atoms. The Labute approximate surface area is 491 Å². The number of rotatable bonds is 63. The molecule has 0 aliphatic rings. The van der Waals surface area contributed by atoms with Crippen molar-refractivity contribution in [1.29, 1.82) is 0 Å². The summed E-state index contributed by atoms with van der Waals surface area (Å²) >= 11 is 0. The van der Waals surface area contributed by atoms with Gasteiger partial charge in [0, 0.05) is 19.3 Å². The number of hydrogen-bond donors (Lipinski definition) is 0. The fourth-order valence-electron chi connectivity index (χ4n) is 9.93. The van der Waals surface area contributed by atoms with Crippen molar-refractivity contribution in [3.63, 3.8) is 0 Å². The molecule has 0 saturated carbocycles. The first-order valence-corrected chi connectivity index (χ1v) is 34.4. The van der Waals surface area contributed by atoms with Gasteiger partial charge in [0.2, 0.25) is 0 Å². The molecule has 0 aromatic heterocycles. The molecule has 0 N–H and O–H groups in total. The number of ether oxygens (including phenoxy) is 3. The highest BCUT2D eigenvalue weighted by atomic mass is 16.6. The molecule has 0 aliphatic heterocycles. The predicted octanol–water partition coefficient (Wildman–Crippen LogP) is 23.7. The second-order valence-corrected chi connectivity index (χ2v) is 23.1. The van der Waals surface area contributed by atoms with E-state index >= 15 is 0 Å². The molecule has 6 heteroatoms. The number of hydrogen-bond acceptors (Lipinski definition) is 6. The van der Waals surface area contributed by atoms with E-state index < -0.39 is 6.10 Å². The molecule has 0 fully saturated rings. The van der Waals surface area contributed by atoms with Gasteiger partial charge in [-0.25, -0.2) is 0 Å². The molecule has 1 unspecified atom stereocenters. The molecular weight excluding hydrogens is 973 g/mol. The smallest absolute Gasteiger partial charge is 0.306 e. The van der Waals surface area contributed by atoms with Crippen LogP contribution in [0.3, 0.4) is 0 Å². The summed E-state index contributed by atoms with van der Waals surface area (Å²) in [5.41, 5.74) is 0. The van der Waals surface area contributed by atoms with Gasteiger partial charge in [0.25, 0.3) is 0 Å². The third-order valence-corrected chi connectivity index (χ3v) is 15.2. The number of carbonyl (C=O) groups is 3. The molecule has 0 heterocycles. The molecular formula is C73H130O6. The van der Waals surface area contributed by atoms with Crippen LogP contribution < -0.4 is 0 Å². The molecule has 0 rings (SSSR count). The fraction of sp³-hybridized carbons (Fsp3) is 0.795.